The first-order chi connectivity index (χ1) is 25.1. The molecule has 2 aromatic carbocycles. The van der Waals surface area contributed by atoms with E-state index in [1.54, 1.807) is 34.6 Å². The van der Waals surface area contributed by atoms with Crippen LogP contribution in [-0.4, -0.2) is 92.0 Å². The van der Waals surface area contributed by atoms with Crippen molar-refractivity contribution in [1.29, 1.82) is 0 Å². The fraction of sp³-hybridized carbons (Fsp3) is 0.579. The second kappa shape index (κ2) is 15.7. The SMILES string of the molecule is CC(C)C(NC(=O)ON=C1c2ccc(S(=O)(=O)N3C[C@H](C)C[C@H](C)C3)cc2C(=NO)c2cc(S(=O)(=O)N3C[C@H](C)C[C@H](C)C3)ccc21)C(=O)OC(C)(C)C. The number of nitrogens with zero attached hydrogens (tertiary/aromatic N) is 4. The van der Waals surface area contributed by atoms with Crippen molar-refractivity contribution >= 4 is 43.5 Å². The number of ether oxygens (including phenoxy) is 1. The van der Waals surface area contributed by atoms with Crippen molar-refractivity contribution in [2.24, 2.45) is 39.9 Å². The lowest BCUT2D eigenvalue weighted by Gasteiger charge is -2.34. The van der Waals surface area contributed by atoms with Crippen LogP contribution in [0.25, 0.3) is 0 Å². The predicted octanol–water partition coefficient (Wildman–Crippen LogP) is 5.40. The number of fused-ring (bicyclic) bond motifs is 2. The standard InChI is InChI=1S/C38H53N5O9S2/c1-22(2)33(36(44)51-38(7,8)9)39-37(45)52-41-35-29-12-10-27(53(47,48)42-18-23(3)14-24(4)19-42)16-31(29)34(40-46)32-17-28(11-13-30(32)35)54(49,50)43-20-25(5)15-26(6)21-43/h10-13,16-17,22-26,33,46H,14-15,18-21H2,1-9H3,(H,39,45)/t23-,24+,25-,26+,33?. The highest BCUT2D eigenvalue weighted by Gasteiger charge is 2.37. The highest BCUT2D eigenvalue weighted by Crippen LogP contribution is 2.35. The van der Waals surface area contributed by atoms with Crippen LogP contribution in [0.5, 0.6) is 0 Å². The number of amides is 1. The minimum absolute atomic E-state index is 0.0502. The number of hydrogen-bond acceptors (Lipinski definition) is 11. The smallest absolute Gasteiger partial charge is 0.434 e. The van der Waals surface area contributed by atoms with Gasteiger partial charge in [-0.05, 0) is 87.5 Å². The summed E-state index contributed by atoms with van der Waals surface area (Å²) in [6.07, 6.45) is 0.743. The fourth-order valence-electron chi connectivity index (χ4n) is 7.67. The Labute approximate surface area is 319 Å². The monoisotopic (exact) mass is 787 g/mol. The minimum Gasteiger partial charge on any atom is -0.458 e. The van der Waals surface area contributed by atoms with Gasteiger partial charge < -0.3 is 15.3 Å². The average molecular weight is 788 g/mol. The molecule has 2 fully saturated rings. The molecule has 16 heteroatoms. The largest absolute Gasteiger partial charge is 0.458 e. The summed E-state index contributed by atoms with van der Waals surface area (Å²) in [5, 5.41) is 20.7. The summed E-state index contributed by atoms with van der Waals surface area (Å²) >= 11 is 0. The van der Waals surface area contributed by atoms with Crippen LogP contribution in [0.2, 0.25) is 0 Å². The van der Waals surface area contributed by atoms with Crippen molar-refractivity contribution in [3.63, 3.8) is 0 Å². The third kappa shape index (κ3) is 8.82. The van der Waals surface area contributed by atoms with E-state index in [0.29, 0.717) is 26.2 Å². The van der Waals surface area contributed by atoms with Crippen molar-refractivity contribution in [2.75, 3.05) is 26.2 Å². The molecule has 0 saturated carbocycles. The molecule has 5 rings (SSSR count). The maximum atomic E-state index is 14.0. The number of rotatable bonds is 8. The maximum absolute atomic E-state index is 14.0. The van der Waals surface area contributed by atoms with Crippen LogP contribution in [0.4, 0.5) is 4.79 Å². The Hall–Kier alpha value is -3.86. The fourth-order valence-corrected chi connectivity index (χ4v) is 11.1. The van der Waals surface area contributed by atoms with Gasteiger partial charge >= 0.3 is 12.1 Å². The quantitative estimate of drug-likeness (QED) is 0.131. The van der Waals surface area contributed by atoms with E-state index in [4.69, 9.17) is 9.57 Å². The average Bonchev–Trinajstić information content (AvgIpc) is 3.06. The number of hydrogen-bond donors (Lipinski definition) is 2. The van der Waals surface area contributed by atoms with Gasteiger partial charge in [-0.1, -0.05) is 64.0 Å². The summed E-state index contributed by atoms with van der Waals surface area (Å²) in [7, 11) is -8.00. The van der Waals surface area contributed by atoms with E-state index in [9.17, 15) is 31.6 Å². The first-order valence-electron chi connectivity index (χ1n) is 18.4. The Balaban J connectivity index is 1.60. The Morgan fingerprint density at radius 3 is 1.56 bits per heavy atom. The van der Waals surface area contributed by atoms with Gasteiger partial charge in [0.1, 0.15) is 23.1 Å². The molecule has 3 aliphatic rings. The summed E-state index contributed by atoms with van der Waals surface area (Å²) in [6.45, 7) is 18.0. The topological polar surface area (TPSA) is 184 Å². The molecule has 0 spiro atoms. The van der Waals surface area contributed by atoms with Gasteiger partial charge in [0.15, 0.2) is 0 Å². The Morgan fingerprint density at radius 2 is 1.19 bits per heavy atom. The van der Waals surface area contributed by atoms with Crippen molar-refractivity contribution < 1.29 is 41.2 Å². The molecule has 2 aliphatic heterocycles. The number of carbonyl (C=O) groups excluding carboxylic acids is 2. The van der Waals surface area contributed by atoms with E-state index in [-0.39, 0.29) is 73.1 Å². The van der Waals surface area contributed by atoms with E-state index < -0.39 is 43.8 Å². The summed E-state index contributed by atoms with van der Waals surface area (Å²) in [4.78, 5) is 31.3. The molecule has 2 heterocycles. The van der Waals surface area contributed by atoms with Gasteiger partial charge in [-0.15, -0.1) is 0 Å². The van der Waals surface area contributed by atoms with Gasteiger partial charge in [0.05, 0.1) is 9.79 Å². The number of piperidine rings is 2. The van der Waals surface area contributed by atoms with Gasteiger partial charge in [0.2, 0.25) is 20.0 Å². The summed E-state index contributed by atoms with van der Waals surface area (Å²) in [6, 6.07) is 7.50. The highest BCUT2D eigenvalue weighted by atomic mass is 32.2. The molecule has 14 nitrogen and oxygen atoms in total. The Morgan fingerprint density at radius 1 is 0.759 bits per heavy atom. The molecule has 1 aliphatic carbocycles. The van der Waals surface area contributed by atoms with E-state index in [1.807, 2.05) is 27.7 Å². The first kappa shape index (κ1) is 41.3. The number of oxime groups is 2. The summed E-state index contributed by atoms with van der Waals surface area (Å²) < 4.78 is 64.4. The van der Waals surface area contributed by atoms with E-state index in [0.717, 1.165) is 12.8 Å². The first-order valence-corrected chi connectivity index (χ1v) is 21.3. The molecule has 0 radical (unpaired) electrons. The zero-order valence-electron chi connectivity index (χ0n) is 32.5. The van der Waals surface area contributed by atoms with Gasteiger partial charge in [-0.2, -0.15) is 8.61 Å². The summed E-state index contributed by atoms with van der Waals surface area (Å²) in [5.74, 6) is -0.403. The van der Waals surface area contributed by atoms with Crippen LogP contribution in [0.1, 0.15) is 97.4 Å². The molecule has 296 valence electrons. The van der Waals surface area contributed by atoms with Crippen LogP contribution >= 0.6 is 0 Å². The number of carbonyl (C=O) groups is 2. The van der Waals surface area contributed by atoms with Crippen LogP contribution in [0.3, 0.4) is 0 Å². The Bertz CT molecular complexity index is 1930. The van der Waals surface area contributed by atoms with Crippen molar-refractivity contribution in [3.05, 3.63) is 58.7 Å². The second-order valence-corrected chi connectivity index (χ2v) is 20.5. The van der Waals surface area contributed by atoms with Gasteiger partial charge in [0, 0.05) is 48.4 Å². The normalized spacial score (nSPS) is 23.2. The second-order valence-electron chi connectivity index (χ2n) is 16.6. The third-order valence-corrected chi connectivity index (χ3v) is 13.5. The lowest BCUT2D eigenvalue weighted by Crippen LogP contribution is -2.47. The summed E-state index contributed by atoms with van der Waals surface area (Å²) in [5.41, 5.74) is -0.0255. The van der Waals surface area contributed by atoms with E-state index in [2.05, 4.69) is 15.6 Å². The number of benzene rings is 2. The highest BCUT2D eigenvalue weighted by molar-refractivity contribution is 7.89. The molecule has 2 aromatic rings. The van der Waals surface area contributed by atoms with Crippen LogP contribution in [0, 0.1) is 29.6 Å². The molecule has 5 atom stereocenters. The Kier molecular flexibility index (Phi) is 12.0. The predicted molar refractivity (Wildman–Crippen MR) is 203 cm³/mol. The molecular formula is C38H53N5O9S2. The van der Waals surface area contributed by atoms with E-state index in [1.165, 1.54) is 45.0 Å². The number of nitrogens with one attached hydrogen (secondary N) is 1. The molecule has 0 aromatic heterocycles. The minimum atomic E-state index is -4.00. The van der Waals surface area contributed by atoms with Crippen molar-refractivity contribution in [2.45, 2.75) is 96.6 Å². The lowest BCUT2D eigenvalue weighted by molar-refractivity contribution is -0.158. The molecule has 0 bridgehead atoms. The molecule has 2 N–H and O–H groups in total. The molecular weight excluding hydrogens is 735 g/mol. The number of esters is 1. The zero-order valence-corrected chi connectivity index (χ0v) is 34.1. The van der Waals surface area contributed by atoms with Crippen LogP contribution < -0.4 is 5.32 Å². The van der Waals surface area contributed by atoms with E-state index >= 15 is 0 Å². The van der Waals surface area contributed by atoms with Gasteiger partial charge in [-0.25, -0.2) is 26.4 Å². The van der Waals surface area contributed by atoms with Crippen LogP contribution in [0.15, 0.2) is 56.5 Å². The zero-order chi connectivity index (χ0) is 39.9. The van der Waals surface area contributed by atoms with Crippen molar-refractivity contribution in [3.8, 4) is 0 Å². The molecule has 54 heavy (non-hydrogen) atoms. The van der Waals surface area contributed by atoms with Crippen LogP contribution in [-0.2, 0) is 34.4 Å². The molecule has 2 saturated heterocycles. The number of sulfonamides is 2. The maximum Gasteiger partial charge on any atom is 0.434 e. The molecule has 1 unspecified atom stereocenters. The lowest BCUT2D eigenvalue weighted by atomic mass is 9.83. The third-order valence-electron chi connectivity index (χ3n) is 9.87. The van der Waals surface area contributed by atoms with Crippen molar-refractivity contribution in [1.82, 2.24) is 13.9 Å². The molecule has 1 amide bonds. The van der Waals surface area contributed by atoms with Gasteiger partial charge in [0.25, 0.3) is 0 Å². The van der Waals surface area contributed by atoms with Gasteiger partial charge in [-0.3, -0.25) is 4.84 Å².